The Bertz CT molecular complexity index is 1790. The molecule has 3 nitrogen and oxygen atoms in total. The number of imidazole rings is 1. The molecular weight excluding hydrogens is 414 g/mol. The molecule has 0 spiro atoms. The monoisotopic (exact) mass is 435 g/mol. The molecular formula is C31H21N3. The minimum Gasteiger partial charge on any atom is -0.309 e. The summed E-state index contributed by atoms with van der Waals surface area (Å²) in [5.74, 6) is 0.950. The third-order valence-electron chi connectivity index (χ3n) is 6.52. The van der Waals surface area contributed by atoms with E-state index in [2.05, 4.69) is 124 Å². The third-order valence-corrected chi connectivity index (χ3v) is 6.52. The summed E-state index contributed by atoms with van der Waals surface area (Å²) >= 11 is 0. The van der Waals surface area contributed by atoms with Crippen LogP contribution in [0.4, 0.5) is 0 Å². The molecule has 0 radical (unpaired) electrons. The molecule has 5 aromatic carbocycles. The lowest BCUT2D eigenvalue weighted by molar-refractivity contribution is 1.10. The quantitative estimate of drug-likeness (QED) is 0.278. The van der Waals surface area contributed by atoms with Crippen molar-refractivity contribution in [1.82, 2.24) is 14.1 Å². The first-order valence-corrected chi connectivity index (χ1v) is 11.5. The second-order valence-electron chi connectivity index (χ2n) is 8.52. The predicted octanol–water partition coefficient (Wildman–Crippen LogP) is 7.79. The molecule has 0 bridgehead atoms. The van der Waals surface area contributed by atoms with Crippen LogP contribution >= 0.6 is 0 Å². The topological polar surface area (TPSA) is 22.8 Å². The van der Waals surface area contributed by atoms with Gasteiger partial charge in [-0.15, -0.1) is 0 Å². The maximum Gasteiger partial charge on any atom is 0.145 e. The highest BCUT2D eigenvalue weighted by molar-refractivity contribution is 6.10. The van der Waals surface area contributed by atoms with Crippen LogP contribution in [0.5, 0.6) is 0 Å². The maximum atomic E-state index is 5.07. The molecule has 0 amide bonds. The van der Waals surface area contributed by atoms with Crippen LogP contribution in [0.2, 0.25) is 0 Å². The standard InChI is InChI=1S/C31H21N3/c1-3-11-23(12-4-1)33-28-17-9-7-15-25(28)26-21-22(19-20-29(26)33)31-32-27-16-8-10-18-30(27)34(31)24-13-5-2-6-14-24/h1-21H. The normalized spacial score (nSPS) is 11.5. The lowest BCUT2D eigenvalue weighted by atomic mass is 10.1. The van der Waals surface area contributed by atoms with Gasteiger partial charge in [-0.25, -0.2) is 4.98 Å². The lowest BCUT2D eigenvalue weighted by Crippen LogP contribution is -1.97. The van der Waals surface area contributed by atoms with Crippen molar-refractivity contribution in [3.63, 3.8) is 0 Å². The van der Waals surface area contributed by atoms with Crippen LogP contribution in [0, 0.1) is 0 Å². The Hall–Kier alpha value is -4.63. The smallest absolute Gasteiger partial charge is 0.145 e. The molecule has 2 aromatic heterocycles. The second kappa shape index (κ2) is 7.46. The van der Waals surface area contributed by atoms with Crippen molar-refractivity contribution in [1.29, 1.82) is 0 Å². The van der Waals surface area contributed by atoms with Gasteiger partial charge in [0.2, 0.25) is 0 Å². The van der Waals surface area contributed by atoms with Gasteiger partial charge in [-0.2, -0.15) is 0 Å². The zero-order chi connectivity index (χ0) is 22.5. The van der Waals surface area contributed by atoms with Gasteiger partial charge < -0.3 is 4.57 Å². The molecule has 3 heteroatoms. The summed E-state index contributed by atoms with van der Waals surface area (Å²) in [5, 5.41) is 2.47. The van der Waals surface area contributed by atoms with Crippen LogP contribution in [-0.2, 0) is 0 Å². The van der Waals surface area contributed by atoms with E-state index in [1.165, 1.54) is 21.8 Å². The highest BCUT2D eigenvalue weighted by Crippen LogP contribution is 2.36. The Kier molecular flexibility index (Phi) is 4.15. The Balaban J connectivity index is 1.54. The van der Waals surface area contributed by atoms with Crippen molar-refractivity contribution < 1.29 is 0 Å². The Labute approximate surface area is 197 Å². The van der Waals surface area contributed by atoms with E-state index in [1.54, 1.807) is 0 Å². The molecule has 0 fully saturated rings. The van der Waals surface area contributed by atoms with Crippen molar-refractivity contribution in [3.05, 3.63) is 127 Å². The molecule has 0 saturated heterocycles. The van der Waals surface area contributed by atoms with Gasteiger partial charge >= 0.3 is 0 Å². The number of hydrogen-bond acceptors (Lipinski definition) is 1. The summed E-state index contributed by atoms with van der Waals surface area (Å²) in [4.78, 5) is 5.07. The molecule has 7 aromatic rings. The van der Waals surface area contributed by atoms with Gasteiger partial charge in [-0.3, -0.25) is 4.57 Å². The van der Waals surface area contributed by atoms with Crippen molar-refractivity contribution in [2.45, 2.75) is 0 Å². The lowest BCUT2D eigenvalue weighted by Gasteiger charge is -2.10. The molecule has 34 heavy (non-hydrogen) atoms. The van der Waals surface area contributed by atoms with E-state index in [1.807, 2.05) is 12.1 Å². The van der Waals surface area contributed by atoms with Crippen LogP contribution in [0.1, 0.15) is 0 Å². The number of nitrogens with zero attached hydrogens (tertiary/aromatic N) is 3. The molecule has 0 aliphatic rings. The highest BCUT2D eigenvalue weighted by atomic mass is 15.1. The van der Waals surface area contributed by atoms with E-state index in [0.717, 1.165) is 33.8 Å². The SMILES string of the molecule is c1ccc(-n2c(-c3ccc4c(c3)c3ccccc3n4-c3ccccc3)nc3ccccc32)cc1. The molecule has 0 unspecified atom stereocenters. The molecule has 2 heterocycles. The number of hydrogen-bond donors (Lipinski definition) is 0. The highest BCUT2D eigenvalue weighted by Gasteiger charge is 2.17. The average Bonchev–Trinajstić information content (AvgIpc) is 3.45. The first kappa shape index (κ1) is 18.9. The molecule has 0 N–H and O–H groups in total. The first-order valence-electron chi connectivity index (χ1n) is 11.5. The summed E-state index contributed by atoms with van der Waals surface area (Å²) in [6.45, 7) is 0. The van der Waals surface area contributed by atoms with Crippen LogP contribution in [-0.4, -0.2) is 14.1 Å². The van der Waals surface area contributed by atoms with Crippen LogP contribution in [0.25, 0.3) is 55.6 Å². The van der Waals surface area contributed by atoms with E-state index in [9.17, 15) is 0 Å². The average molecular weight is 436 g/mol. The zero-order valence-electron chi connectivity index (χ0n) is 18.5. The van der Waals surface area contributed by atoms with Gasteiger partial charge in [0.1, 0.15) is 5.82 Å². The van der Waals surface area contributed by atoms with Crippen molar-refractivity contribution in [2.24, 2.45) is 0 Å². The van der Waals surface area contributed by atoms with E-state index in [0.29, 0.717) is 0 Å². The largest absolute Gasteiger partial charge is 0.309 e. The number of para-hydroxylation sites is 5. The molecule has 0 saturated carbocycles. The van der Waals surface area contributed by atoms with Crippen LogP contribution in [0.15, 0.2) is 127 Å². The van der Waals surface area contributed by atoms with E-state index < -0.39 is 0 Å². The summed E-state index contributed by atoms with van der Waals surface area (Å²) in [6.07, 6.45) is 0. The summed E-state index contributed by atoms with van der Waals surface area (Å²) in [5.41, 5.74) is 7.87. The fraction of sp³-hybridized carbons (Fsp3) is 0. The summed E-state index contributed by atoms with van der Waals surface area (Å²) < 4.78 is 4.60. The van der Waals surface area contributed by atoms with Gasteiger partial charge in [-0.1, -0.05) is 66.7 Å². The van der Waals surface area contributed by atoms with Gasteiger partial charge in [-0.05, 0) is 60.7 Å². The second-order valence-corrected chi connectivity index (χ2v) is 8.52. The molecule has 7 rings (SSSR count). The van der Waals surface area contributed by atoms with E-state index in [4.69, 9.17) is 4.98 Å². The number of benzene rings is 5. The number of rotatable bonds is 3. The molecule has 0 aliphatic heterocycles. The minimum atomic E-state index is 0.950. The number of aromatic nitrogens is 3. The Morgan fingerprint density at radius 2 is 1.03 bits per heavy atom. The van der Waals surface area contributed by atoms with Gasteiger partial charge in [0.25, 0.3) is 0 Å². The Morgan fingerprint density at radius 1 is 0.441 bits per heavy atom. The first-order chi connectivity index (χ1) is 16.9. The molecule has 160 valence electrons. The summed E-state index contributed by atoms with van der Waals surface area (Å²) in [7, 11) is 0. The fourth-order valence-corrected chi connectivity index (χ4v) is 5.03. The zero-order valence-corrected chi connectivity index (χ0v) is 18.5. The molecule has 0 aliphatic carbocycles. The van der Waals surface area contributed by atoms with E-state index in [-0.39, 0.29) is 0 Å². The van der Waals surface area contributed by atoms with Gasteiger partial charge in [0.05, 0.1) is 22.1 Å². The maximum absolute atomic E-state index is 5.07. The van der Waals surface area contributed by atoms with E-state index >= 15 is 0 Å². The molecule has 0 atom stereocenters. The minimum absolute atomic E-state index is 0.950. The Morgan fingerprint density at radius 3 is 1.79 bits per heavy atom. The van der Waals surface area contributed by atoms with Crippen LogP contribution < -0.4 is 0 Å². The predicted molar refractivity (Wildman–Crippen MR) is 141 cm³/mol. The van der Waals surface area contributed by atoms with Gasteiger partial charge in [0.15, 0.2) is 0 Å². The fourth-order valence-electron chi connectivity index (χ4n) is 5.03. The number of fused-ring (bicyclic) bond motifs is 4. The van der Waals surface area contributed by atoms with Crippen molar-refractivity contribution >= 4 is 32.8 Å². The third kappa shape index (κ3) is 2.81. The van der Waals surface area contributed by atoms with Crippen molar-refractivity contribution in [2.75, 3.05) is 0 Å². The van der Waals surface area contributed by atoms with Crippen LogP contribution in [0.3, 0.4) is 0 Å². The van der Waals surface area contributed by atoms with Crippen molar-refractivity contribution in [3.8, 4) is 22.8 Å². The van der Waals surface area contributed by atoms with Gasteiger partial charge in [0, 0.05) is 27.7 Å². The summed E-state index contributed by atoms with van der Waals surface area (Å²) in [6, 6.07) is 44.7.